The molecule has 0 radical (unpaired) electrons. The summed E-state index contributed by atoms with van der Waals surface area (Å²) in [6.07, 6.45) is 2.42. The van der Waals surface area contributed by atoms with Crippen LogP contribution in [0.4, 0.5) is 0 Å². The van der Waals surface area contributed by atoms with E-state index in [2.05, 4.69) is 21.8 Å². The fourth-order valence-corrected chi connectivity index (χ4v) is 3.79. The van der Waals surface area contributed by atoms with Gasteiger partial charge in [-0.15, -0.1) is 0 Å². The second-order valence-corrected chi connectivity index (χ2v) is 8.07. The molecule has 2 aromatic heterocycles. The van der Waals surface area contributed by atoms with E-state index in [1.807, 2.05) is 25.1 Å². The Labute approximate surface area is 191 Å². The standard InChI is InChI=1S/C24H27N5O4/c1-17-5-2-6-18(13-17)16-28-10-4-11-29-21(24(28)32)14-20(27-29)23(31)25-9-8-22(30)26-15-19-7-3-12-33-19/h2-3,5-7,12-14H,4,8-11,15-16H2,1H3,(H,25,31)(H,26,30). The molecule has 1 aliphatic heterocycles. The Morgan fingerprint density at radius 2 is 2.00 bits per heavy atom. The van der Waals surface area contributed by atoms with Crippen molar-refractivity contribution in [2.75, 3.05) is 13.1 Å². The monoisotopic (exact) mass is 449 g/mol. The Morgan fingerprint density at radius 3 is 2.79 bits per heavy atom. The average molecular weight is 450 g/mol. The maximum absolute atomic E-state index is 13.1. The summed E-state index contributed by atoms with van der Waals surface area (Å²) < 4.78 is 6.76. The Morgan fingerprint density at radius 1 is 1.12 bits per heavy atom. The predicted molar refractivity (Wildman–Crippen MR) is 120 cm³/mol. The van der Waals surface area contributed by atoms with E-state index in [0.717, 1.165) is 17.5 Å². The van der Waals surface area contributed by atoms with Crippen molar-refractivity contribution in [1.82, 2.24) is 25.3 Å². The van der Waals surface area contributed by atoms with Crippen molar-refractivity contribution >= 4 is 17.7 Å². The molecular weight excluding hydrogens is 422 g/mol. The predicted octanol–water partition coefficient (Wildman–Crippen LogP) is 2.27. The van der Waals surface area contributed by atoms with Crippen LogP contribution in [0, 0.1) is 6.92 Å². The molecule has 172 valence electrons. The molecule has 0 fully saturated rings. The third kappa shape index (κ3) is 5.68. The van der Waals surface area contributed by atoms with Crippen LogP contribution in [0.1, 0.15) is 50.7 Å². The molecule has 33 heavy (non-hydrogen) atoms. The number of nitrogens with zero attached hydrogens (tertiary/aromatic N) is 3. The molecule has 4 rings (SSSR count). The van der Waals surface area contributed by atoms with Crippen LogP contribution < -0.4 is 10.6 Å². The summed E-state index contributed by atoms with van der Waals surface area (Å²) >= 11 is 0. The molecule has 9 nitrogen and oxygen atoms in total. The van der Waals surface area contributed by atoms with Crippen LogP contribution in [0.5, 0.6) is 0 Å². The van der Waals surface area contributed by atoms with Crippen molar-refractivity contribution in [3.8, 4) is 0 Å². The number of carbonyl (C=O) groups is 3. The molecule has 0 spiro atoms. The van der Waals surface area contributed by atoms with Gasteiger partial charge in [-0.05, 0) is 31.0 Å². The van der Waals surface area contributed by atoms with Crippen LogP contribution in [-0.2, 0) is 24.4 Å². The van der Waals surface area contributed by atoms with Gasteiger partial charge in [0.15, 0.2) is 5.69 Å². The van der Waals surface area contributed by atoms with Crippen molar-refractivity contribution in [2.45, 2.75) is 39.4 Å². The quantitative estimate of drug-likeness (QED) is 0.548. The van der Waals surface area contributed by atoms with Gasteiger partial charge in [0.05, 0.1) is 12.8 Å². The van der Waals surface area contributed by atoms with E-state index in [9.17, 15) is 14.4 Å². The number of aromatic nitrogens is 2. The molecule has 3 amide bonds. The maximum Gasteiger partial charge on any atom is 0.272 e. The summed E-state index contributed by atoms with van der Waals surface area (Å²) in [6, 6.07) is 13.1. The summed E-state index contributed by atoms with van der Waals surface area (Å²) in [5.74, 6) is -0.0902. The summed E-state index contributed by atoms with van der Waals surface area (Å²) in [6.45, 7) is 4.20. The lowest BCUT2D eigenvalue weighted by molar-refractivity contribution is -0.121. The number of hydrogen-bond donors (Lipinski definition) is 2. The van der Waals surface area contributed by atoms with Crippen LogP contribution in [0.3, 0.4) is 0 Å². The third-order valence-corrected chi connectivity index (χ3v) is 5.45. The van der Waals surface area contributed by atoms with Crippen molar-refractivity contribution in [1.29, 1.82) is 0 Å². The van der Waals surface area contributed by atoms with Gasteiger partial charge in [-0.1, -0.05) is 29.8 Å². The van der Waals surface area contributed by atoms with Gasteiger partial charge in [0, 0.05) is 38.7 Å². The topological polar surface area (TPSA) is 109 Å². The lowest BCUT2D eigenvalue weighted by Gasteiger charge is -2.20. The zero-order valence-electron chi connectivity index (χ0n) is 18.5. The second kappa shape index (κ2) is 10.2. The third-order valence-electron chi connectivity index (χ3n) is 5.45. The molecule has 0 unspecified atom stereocenters. The van der Waals surface area contributed by atoms with Gasteiger partial charge in [-0.2, -0.15) is 5.10 Å². The number of hydrogen-bond acceptors (Lipinski definition) is 5. The molecule has 3 aromatic rings. The van der Waals surface area contributed by atoms with Gasteiger partial charge in [0.25, 0.3) is 11.8 Å². The summed E-state index contributed by atoms with van der Waals surface area (Å²) in [7, 11) is 0. The van der Waals surface area contributed by atoms with Crippen molar-refractivity contribution < 1.29 is 18.8 Å². The molecule has 0 saturated heterocycles. The Balaban J connectivity index is 1.32. The zero-order chi connectivity index (χ0) is 23.2. The van der Waals surface area contributed by atoms with Crippen LogP contribution in [0.25, 0.3) is 0 Å². The molecule has 2 N–H and O–H groups in total. The van der Waals surface area contributed by atoms with E-state index < -0.39 is 5.91 Å². The van der Waals surface area contributed by atoms with Crippen LogP contribution in [0.2, 0.25) is 0 Å². The molecule has 1 aliphatic rings. The van der Waals surface area contributed by atoms with Crippen molar-refractivity contribution in [3.63, 3.8) is 0 Å². The first-order valence-electron chi connectivity index (χ1n) is 11.0. The van der Waals surface area contributed by atoms with Crippen LogP contribution >= 0.6 is 0 Å². The van der Waals surface area contributed by atoms with Gasteiger partial charge in [0.2, 0.25) is 5.91 Å². The fourth-order valence-electron chi connectivity index (χ4n) is 3.79. The molecule has 0 atom stereocenters. The molecular formula is C24H27N5O4. The molecule has 3 heterocycles. The summed E-state index contributed by atoms with van der Waals surface area (Å²) in [4.78, 5) is 39.4. The first kappa shape index (κ1) is 22.3. The molecule has 0 bridgehead atoms. The largest absolute Gasteiger partial charge is 0.467 e. The molecule has 1 aromatic carbocycles. The number of amides is 3. The first-order chi connectivity index (χ1) is 16.0. The highest BCUT2D eigenvalue weighted by atomic mass is 16.3. The van der Waals surface area contributed by atoms with Gasteiger partial charge < -0.3 is 20.0 Å². The highest BCUT2D eigenvalue weighted by Gasteiger charge is 2.26. The van der Waals surface area contributed by atoms with Crippen molar-refractivity contribution in [2.24, 2.45) is 0 Å². The highest BCUT2D eigenvalue weighted by molar-refractivity contribution is 5.98. The van der Waals surface area contributed by atoms with E-state index >= 15 is 0 Å². The number of benzene rings is 1. The fraction of sp³-hybridized carbons (Fsp3) is 0.333. The Hall–Kier alpha value is -3.88. The van der Waals surface area contributed by atoms with Crippen molar-refractivity contribution in [3.05, 3.63) is 77.0 Å². The molecule has 0 saturated carbocycles. The number of aryl methyl sites for hydroxylation is 2. The number of furan rings is 1. The SMILES string of the molecule is Cc1cccc(CN2CCCn3nc(C(=O)NCCC(=O)NCc4ccco4)cc3C2=O)c1. The number of nitrogens with one attached hydrogen (secondary N) is 2. The Kier molecular flexibility index (Phi) is 6.87. The van der Waals surface area contributed by atoms with Crippen LogP contribution in [-0.4, -0.2) is 45.5 Å². The van der Waals surface area contributed by atoms with Crippen LogP contribution in [0.15, 0.2) is 53.1 Å². The van der Waals surface area contributed by atoms with Gasteiger partial charge in [-0.3, -0.25) is 19.1 Å². The van der Waals surface area contributed by atoms with E-state index in [1.165, 1.54) is 6.07 Å². The highest BCUT2D eigenvalue weighted by Crippen LogP contribution is 2.17. The van der Waals surface area contributed by atoms with Gasteiger partial charge in [0.1, 0.15) is 11.5 Å². The zero-order valence-corrected chi connectivity index (χ0v) is 18.5. The summed E-state index contributed by atoms with van der Waals surface area (Å²) in [5.41, 5.74) is 2.79. The minimum Gasteiger partial charge on any atom is -0.467 e. The number of carbonyl (C=O) groups excluding carboxylic acids is 3. The lowest BCUT2D eigenvalue weighted by atomic mass is 10.1. The first-order valence-corrected chi connectivity index (χ1v) is 11.0. The van der Waals surface area contributed by atoms with E-state index in [-0.39, 0.29) is 30.5 Å². The summed E-state index contributed by atoms with van der Waals surface area (Å²) in [5, 5.41) is 9.75. The average Bonchev–Trinajstić information content (AvgIpc) is 3.44. The minimum absolute atomic E-state index is 0.128. The smallest absolute Gasteiger partial charge is 0.272 e. The Bertz CT molecular complexity index is 1140. The lowest BCUT2D eigenvalue weighted by Crippen LogP contribution is -2.31. The van der Waals surface area contributed by atoms with E-state index in [0.29, 0.717) is 37.6 Å². The molecule has 9 heteroatoms. The van der Waals surface area contributed by atoms with E-state index in [4.69, 9.17) is 4.42 Å². The van der Waals surface area contributed by atoms with Gasteiger partial charge >= 0.3 is 0 Å². The van der Waals surface area contributed by atoms with Gasteiger partial charge in [-0.25, -0.2) is 0 Å². The van der Waals surface area contributed by atoms with E-state index in [1.54, 1.807) is 28.0 Å². The second-order valence-electron chi connectivity index (χ2n) is 8.07. The normalized spacial score (nSPS) is 13.4. The molecule has 0 aliphatic carbocycles. The maximum atomic E-state index is 13.1. The minimum atomic E-state index is -0.410. The number of fused-ring (bicyclic) bond motifs is 1. The number of rotatable bonds is 8.